The predicted octanol–water partition coefficient (Wildman–Crippen LogP) is 1.22. The minimum absolute atomic E-state index is 0.234. The average molecular weight is 363 g/mol. The molecule has 0 saturated heterocycles. The van der Waals surface area contributed by atoms with Crippen molar-refractivity contribution < 1.29 is 0 Å². The van der Waals surface area contributed by atoms with Crippen LogP contribution in [0.3, 0.4) is 0 Å². The normalized spacial score (nSPS) is 11.0. The summed E-state index contributed by atoms with van der Waals surface area (Å²) in [6.07, 6.45) is 6.57. The van der Waals surface area contributed by atoms with E-state index in [9.17, 15) is 4.79 Å². The van der Waals surface area contributed by atoms with Gasteiger partial charge in [-0.1, -0.05) is 12.1 Å². The number of anilines is 3. The number of nitrogens with zero attached hydrogens (tertiary/aromatic N) is 7. The van der Waals surface area contributed by atoms with Crippen molar-refractivity contribution in [3.63, 3.8) is 0 Å². The van der Waals surface area contributed by atoms with Crippen LogP contribution >= 0.6 is 0 Å². The van der Waals surface area contributed by atoms with E-state index in [0.717, 1.165) is 5.69 Å². The van der Waals surface area contributed by atoms with Gasteiger partial charge in [-0.25, -0.2) is 19.3 Å². The Balaban J connectivity index is 1.92. The van der Waals surface area contributed by atoms with Crippen LogP contribution in [0.5, 0.6) is 0 Å². The molecule has 0 fully saturated rings. The lowest BCUT2D eigenvalue weighted by atomic mass is 10.4. The van der Waals surface area contributed by atoms with Crippen molar-refractivity contribution in [1.82, 2.24) is 34.1 Å². The van der Waals surface area contributed by atoms with Crippen LogP contribution < -0.4 is 16.6 Å². The topological polar surface area (TPSA) is 121 Å². The molecule has 0 radical (unpaired) electrons. The van der Waals surface area contributed by atoms with Gasteiger partial charge in [-0.15, -0.1) is 6.58 Å². The van der Waals surface area contributed by atoms with Crippen molar-refractivity contribution in [3.8, 4) is 5.82 Å². The van der Waals surface area contributed by atoms with E-state index < -0.39 is 0 Å². The summed E-state index contributed by atoms with van der Waals surface area (Å²) in [5, 5.41) is 7.54. The summed E-state index contributed by atoms with van der Waals surface area (Å²) in [7, 11) is 1.81. The summed E-state index contributed by atoms with van der Waals surface area (Å²) in [4.78, 5) is 25.9. The van der Waals surface area contributed by atoms with Gasteiger partial charge in [0.15, 0.2) is 11.5 Å². The molecule has 0 bridgehead atoms. The highest BCUT2D eigenvalue weighted by molar-refractivity contribution is 5.77. The minimum atomic E-state index is -0.234. The Morgan fingerprint density at radius 3 is 2.85 bits per heavy atom. The Hall–Kier alpha value is -3.95. The predicted molar refractivity (Wildman–Crippen MR) is 102 cm³/mol. The quantitative estimate of drug-likeness (QED) is 0.511. The largest absolute Gasteiger partial charge is 0.384 e. The lowest BCUT2D eigenvalue weighted by Gasteiger charge is -2.10. The number of nitrogen functional groups attached to an aromatic ring is 1. The number of pyridine rings is 1. The van der Waals surface area contributed by atoms with Crippen molar-refractivity contribution in [3.05, 3.63) is 59.8 Å². The van der Waals surface area contributed by atoms with E-state index in [1.54, 1.807) is 46.0 Å². The number of aromatic nitrogens is 7. The van der Waals surface area contributed by atoms with Gasteiger partial charge >= 0.3 is 0 Å². The third-order valence-corrected chi connectivity index (χ3v) is 3.91. The Labute approximate surface area is 153 Å². The maximum absolute atomic E-state index is 12.8. The Kier molecular flexibility index (Phi) is 3.92. The zero-order valence-electron chi connectivity index (χ0n) is 14.6. The number of nitrogens with two attached hydrogens (primary N) is 1. The standard InChI is InChI=1S/C17H17N9O/c1-3-7-25-16(27)12-9-19-17(21-11-8-20-24(2)10-11)23-15(12)26(25)14-6-4-5-13(18)22-14/h3-6,8-10H,1,7H2,2H3,(H2,18,22)(H,19,21,23). The van der Waals surface area contributed by atoms with E-state index in [4.69, 9.17) is 5.73 Å². The molecule has 4 aromatic rings. The Morgan fingerprint density at radius 1 is 1.30 bits per heavy atom. The number of allylic oxidation sites excluding steroid dienone is 1. The van der Waals surface area contributed by atoms with Crippen LogP contribution in [-0.4, -0.2) is 34.1 Å². The van der Waals surface area contributed by atoms with Gasteiger partial charge in [-0.3, -0.25) is 9.48 Å². The van der Waals surface area contributed by atoms with E-state index in [1.807, 2.05) is 7.05 Å². The summed E-state index contributed by atoms with van der Waals surface area (Å²) >= 11 is 0. The van der Waals surface area contributed by atoms with Crippen molar-refractivity contribution in [1.29, 1.82) is 0 Å². The van der Waals surface area contributed by atoms with Crippen LogP contribution in [0.4, 0.5) is 17.5 Å². The third-order valence-electron chi connectivity index (χ3n) is 3.91. The Bertz CT molecular complexity index is 1200. The molecule has 27 heavy (non-hydrogen) atoms. The van der Waals surface area contributed by atoms with Gasteiger partial charge < -0.3 is 11.1 Å². The van der Waals surface area contributed by atoms with Gasteiger partial charge in [0.1, 0.15) is 11.2 Å². The summed E-state index contributed by atoms with van der Waals surface area (Å²) < 4.78 is 4.77. The van der Waals surface area contributed by atoms with Crippen molar-refractivity contribution >= 4 is 28.5 Å². The maximum atomic E-state index is 12.8. The van der Waals surface area contributed by atoms with Crippen LogP contribution in [0.1, 0.15) is 0 Å². The van der Waals surface area contributed by atoms with Crippen LogP contribution in [-0.2, 0) is 13.6 Å². The lowest BCUT2D eigenvalue weighted by Crippen LogP contribution is -2.22. The third kappa shape index (κ3) is 2.92. The summed E-state index contributed by atoms with van der Waals surface area (Å²) in [5.74, 6) is 1.16. The highest BCUT2D eigenvalue weighted by atomic mass is 16.1. The zero-order valence-corrected chi connectivity index (χ0v) is 14.6. The second kappa shape index (κ2) is 6.41. The first-order valence-electron chi connectivity index (χ1n) is 8.15. The Morgan fingerprint density at radius 2 is 2.15 bits per heavy atom. The molecule has 0 aliphatic heterocycles. The number of rotatable bonds is 5. The zero-order chi connectivity index (χ0) is 19.0. The monoisotopic (exact) mass is 363 g/mol. The summed E-state index contributed by atoms with van der Waals surface area (Å²) in [6, 6.07) is 5.20. The number of hydrogen-bond acceptors (Lipinski definition) is 7. The minimum Gasteiger partial charge on any atom is -0.384 e. The molecule has 10 nitrogen and oxygen atoms in total. The molecule has 0 aromatic carbocycles. The second-order valence-electron chi connectivity index (χ2n) is 5.87. The van der Waals surface area contributed by atoms with Gasteiger partial charge in [-0.05, 0) is 12.1 Å². The molecule has 10 heteroatoms. The smallest absolute Gasteiger partial charge is 0.278 e. The molecular formula is C17H17N9O. The average Bonchev–Trinajstić information content (AvgIpc) is 3.17. The molecule has 0 aliphatic carbocycles. The number of nitrogens with one attached hydrogen (secondary N) is 1. The van der Waals surface area contributed by atoms with E-state index in [0.29, 0.717) is 28.6 Å². The summed E-state index contributed by atoms with van der Waals surface area (Å²) in [5.41, 5.74) is 6.74. The summed E-state index contributed by atoms with van der Waals surface area (Å²) in [6.45, 7) is 4.01. The van der Waals surface area contributed by atoms with Gasteiger partial charge in [0.05, 0.1) is 18.4 Å². The molecule has 0 atom stereocenters. The van der Waals surface area contributed by atoms with E-state index >= 15 is 0 Å². The SMILES string of the molecule is C=CCn1c(=O)c2cnc(Nc3cnn(C)c3)nc2n1-c1cccc(N)n1. The number of aryl methyl sites for hydroxylation is 1. The van der Waals surface area contributed by atoms with Crippen molar-refractivity contribution in [2.45, 2.75) is 6.54 Å². The van der Waals surface area contributed by atoms with Crippen molar-refractivity contribution in [2.24, 2.45) is 7.05 Å². The first-order valence-corrected chi connectivity index (χ1v) is 8.15. The number of hydrogen-bond donors (Lipinski definition) is 2. The lowest BCUT2D eigenvalue weighted by molar-refractivity contribution is 0.597. The van der Waals surface area contributed by atoms with Gasteiger partial charge in [-0.2, -0.15) is 10.1 Å². The van der Waals surface area contributed by atoms with E-state index in [-0.39, 0.29) is 12.1 Å². The molecule has 0 spiro atoms. The molecule has 4 rings (SSSR count). The molecule has 4 aromatic heterocycles. The van der Waals surface area contributed by atoms with Crippen LogP contribution in [0.15, 0.2) is 54.2 Å². The van der Waals surface area contributed by atoms with Gasteiger partial charge in [0.25, 0.3) is 5.56 Å². The highest BCUT2D eigenvalue weighted by Gasteiger charge is 2.17. The van der Waals surface area contributed by atoms with E-state index in [2.05, 4.69) is 31.9 Å². The molecule has 0 saturated carbocycles. The fourth-order valence-electron chi connectivity index (χ4n) is 2.78. The molecule has 3 N–H and O–H groups in total. The molecular weight excluding hydrogens is 346 g/mol. The number of fused-ring (bicyclic) bond motifs is 1. The van der Waals surface area contributed by atoms with Crippen molar-refractivity contribution in [2.75, 3.05) is 11.1 Å². The van der Waals surface area contributed by atoms with E-state index in [1.165, 1.54) is 10.9 Å². The fraction of sp³-hybridized carbons (Fsp3) is 0.118. The molecule has 0 amide bonds. The molecule has 0 aliphatic rings. The molecule has 4 heterocycles. The first-order chi connectivity index (χ1) is 13.1. The first kappa shape index (κ1) is 16.5. The van der Waals surface area contributed by atoms with Gasteiger partial charge in [0.2, 0.25) is 5.95 Å². The van der Waals surface area contributed by atoms with Crippen LogP contribution in [0.25, 0.3) is 16.9 Å². The van der Waals surface area contributed by atoms with Crippen LogP contribution in [0.2, 0.25) is 0 Å². The van der Waals surface area contributed by atoms with Crippen LogP contribution in [0, 0.1) is 0 Å². The molecule has 0 unspecified atom stereocenters. The maximum Gasteiger partial charge on any atom is 0.278 e. The van der Waals surface area contributed by atoms with Gasteiger partial charge in [0, 0.05) is 19.4 Å². The molecule has 136 valence electrons. The highest BCUT2D eigenvalue weighted by Crippen LogP contribution is 2.18. The second-order valence-corrected chi connectivity index (χ2v) is 5.87. The fourth-order valence-corrected chi connectivity index (χ4v) is 2.78.